The minimum atomic E-state index is 0. The van der Waals surface area contributed by atoms with Crippen LogP contribution in [0.1, 0.15) is 19.3 Å². The van der Waals surface area contributed by atoms with Crippen molar-refractivity contribution in [2.45, 2.75) is 19.3 Å². The first-order valence-electron chi connectivity index (χ1n) is 6.95. The van der Waals surface area contributed by atoms with Crippen molar-refractivity contribution < 1.29 is 9.53 Å². The number of halogens is 1. The van der Waals surface area contributed by atoms with Gasteiger partial charge in [0.2, 0.25) is 5.91 Å². The number of carbonyl (C=O) groups is 1. The van der Waals surface area contributed by atoms with Crippen LogP contribution in [-0.4, -0.2) is 37.0 Å². The molecule has 4 nitrogen and oxygen atoms in total. The van der Waals surface area contributed by atoms with Crippen LogP contribution in [0.15, 0.2) is 30.3 Å². The molecule has 0 spiro atoms. The number of para-hydroxylation sites is 1. The normalized spacial score (nSPS) is 17.6. The summed E-state index contributed by atoms with van der Waals surface area (Å²) in [4.78, 5) is 13.9. The number of amides is 1. The van der Waals surface area contributed by atoms with Crippen molar-refractivity contribution in [3.8, 4) is 5.75 Å². The standard InChI is InChI=1S/C15H22N2O2.ClH/c16-11-13-8-9-17(12-13)15(18)7-4-10-19-14-5-2-1-3-6-14;/h1-3,5-6,13H,4,7-12,16H2;1H. The second kappa shape index (κ2) is 8.82. The maximum atomic E-state index is 11.9. The molecule has 0 radical (unpaired) electrons. The maximum absolute atomic E-state index is 11.9. The molecule has 5 heteroatoms. The molecule has 1 aromatic rings. The Labute approximate surface area is 126 Å². The smallest absolute Gasteiger partial charge is 0.222 e. The Kier molecular flexibility index (Phi) is 7.41. The van der Waals surface area contributed by atoms with Crippen LogP contribution in [0.3, 0.4) is 0 Å². The first kappa shape index (κ1) is 16.8. The number of nitrogens with zero attached hydrogens (tertiary/aromatic N) is 1. The molecule has 1 amide bonds. The third-order valence-electron chi connectivity index (χ3n) is 3.52. The molecular formula is C15H23ClN2O2. The largest absolute Gasteiger partial charge is 0.494 e. The molecule has 0 saturated carbocycles. The van der Waals surface area contributed by atoms with Crippen LogP contribution >= 0.6 is 12.4 Å². The maximum Gasteiger partial charge on any atom is 0.222 e. The van der Waals surface area contributed by atoms with Gasteiger partial charge in [0, 0.05) is 19.5 Å². The summed E-state index contributed by atoms with van der Waals surface area (Å²) in [6.07, 6.45) is 2.37. The molecular weight excluding hydrogens is 276 g/mol. The summed E-state index contributed by atoms with van der Waals surface area (Å²) in [6, 6.07) is 9.69. The fourth-order valence-electron chi connectivity index (χ4n) is 2.34. The van der Waals surface area contributed by atoms with Gasteiger partial charge < -0.3 is 15.4 Å². The van der Waals surface area contributed by atoms with Gasteiger partial charge in [-0.2, -0.15) is 0 Å². The van der Waals surface area contributed by atoms with Crippen LogP contribution < -0.4 is 10.5 Å². The number of carbonyl (C=O) groups excluding carboxylic acids is 1. The van der Waals surface area contributed by atoms with Gasteiger partial charge in [-0.3, -0.25) is 4.79 Å². The zero-order chi connectivity index (χ0) is 13.5. The Balaban J connectivity index is 0.00000200. The second-order valence-corrected chi connectivity index (χ2v) is 5.00. The highest BCUT2D eigenvalue weighted by molar-refractivity contribution is 5.85. The minimum absolute atomic E-state index is 0. The highest BCUT2D eigenvalue weighted by atomic mass is 35.5. The molecule has 1 aromatic carbocycles. The Morgan fingerprint density at radius 1 is 1.35 bits per heavy atom. The molecule has 112 valence electrons. The van der Waals surface area contributed by atoms with Gasteiger partial charge in [-0.25, -0.2) is 0 Å². The van der Waals surface area contributed by atoms with E-state index in [4.69, 9.17) is 10.5 Å². The molecule has 1 fully saturated rings. The van der Waals surface area contributed by atoms with Crippen LogP contribution in [0.5, 0.6) is 5.75 Å². The predicted octanol–water partition coefficient (Wildman–Crippen LogP) is 2.07. The fraction of sp³-hybridized carbons (Fsp3) is 0.533. The van der Waals surface area contributed by atoms with Gasteiger partial charge in [0.05, 0.1) is 6.61 Å². The molecule has 2 N–H and O–H groups in total. The van der Waals surface area contributed by atoms with E-state index < -0.39 is 0 Å². The third-order valence-corrected chi connectivity index (χ3v) is 3.52. The van der Waals surface area contributed by atoms with Crippen molar-refractivity contribution in [3.05, 3.63) is 30.3 Å². The lowest BCUT2D eigenvalue weighted by Crippen LogP contribution is -2.29. The summed E-state index contributed by atoms with van der Waals surface area (Å²) < 4.78 is 5.57. The Morgan fingerprint density at radius 2 is 2.10 bits per heavy atom. The number of nitrogens with two attached hydrogens (primary N) is 1. The number of likely N-dealkylation sites (tertiary alicyclic amines) is 1. The van der Waals surface area contributed by atoms with E-state index in [1.165, 1.54) is 0 Å². The van der Waals surface area contributed by atoms with Crippen molar-refractivity contribution in [3.63, 3.8) is 0 Å². The molecule has 1 aliphatic rings. The molecule has 1 unspecified atom stereocenters. The van der Waals surface area contributed by atoms with Gasteiger partial charge >= 0.3 is 0 Å². The predicted molar refractivity (Wildman–Crippen MR) is 82.2 cm³/mol. The lowest BCUT2D eigenvalue weighted by atomic mass is 10.1. The van der Waals surface area contributed by atoms with Crippen molar-refractivity contribution >= 4 is 18.3 Å². The number of hydrogen-bond acceptors (Lipinski definition) is 3. The van der Waals surface area contributed by atoms with Crippen molar-refractivity contribution in [2.75, 3.05) is 26.2 Å². The monoisotopic (exact) mass is 298 g/mol. The SMILES string of the molecule is Cl.NCC1CCN(C(=O)CCCOc2ccccc2)C1. The van der Waals surface area contributed by atoms with Gasteiger partial charge in [0.15, 0.2) is 0 Å². The van der Waals surface area contributed by atoms with E-state index in [1.807, 2.05) is 35.2 Å². The van der Waals surface area contributed by atoms with Gasteiger partial charge in [0.1, 0.15) is 5.75 Å². The highest BCUT2D eigenvalue weighted by Gasteiger charge is 2.24. The van der Waals surface area contributed by atoms with E-state index in [9.17, 15) is 4.79 Å². The van der Waals surface area contributed by atoms with Crippen LogP contribution in [0.4, 0.5) is 0 Å². The van der Waals surface area contributed by atoms with Crippen LogP contribution in [0, 0.1) is 5.92 Å². The molecule has 0 bridgehead atoms. The van der Waals surface area contributed by atoms with Gasteiger partial charge in [-0.1, -0.05) is 18.2 Å². The highest BCUT2D eigenvalue weighted by Crippen LogP contribution is 2.16. The number of rotatable bonds is 6. The molecule has 20 heavy (non-hydrogen) atoms. The van der Waals surface area contributed by atoms with Gasteiger partial charge in [-0.05, 0) is 37.4 Å². The van der Waals surface area contributed by atoms with Crippen molar-refractivity contribution in [1.29, 1.82) is 0 Å². The van der Waals surface area contributed by atoms with Gasteiger partial charge in [-0.15, -0.1) is 12.4 Å². The second-order valence-electron chi connectivity index (χ2n) is 5.00. The van der Waals surface area contributed by atoms with Crippen LogP contribution in [0.25, 0.3) is 0 Å². The molecule has 1 saturated heterocycles. The average molecular weight is 299 g/mol. The Morgan fingerprint density at radius 3 is 2.75 bits per heavy atom. The lowest BCUT2D eigenvalue weighted by molar-refractivity contribution is -0.130. The minimum Gasteiger partial charge on any atom is -0.494 e. The first-order valence-corrected chi connectivity index (χ1v) is 6.95. The van der Waals surface area contributed by atoms with Crippen LogP contribution in [0.2, 0.25) is 0 Å². The first-order chi connectivity index (χ1) is 9.29. The molecule has 1 atom stereocenters. The van der Waals surface area contributed by atoms with E-state index in [1.54, 1.807) is 0 Å². The summed E-state index contributed by atoms with van der Waals surface area (Å²) >= 11 is 0. The Bertz CT molecular complexity index is 400. The summed E-state index contributed by atoms with van der Waals surface area (Å²) in [5.41, 5.74) is 5.62. The summed E-state index contributed by atoms with van der Waals surface area (Å²) in [5.74, 6) is 1.58. The number of ether oxygens (including phenoxy) is 1. The van der Waals surface area contributed by atoms with E-state index >= 15 is 0 Å². The average Bonchev–Trinajstić information content (AvgIpc) is 2.93. The van der Waals surface area contributed by atoms with Crippen LogP contribution in [-0.2, 0) is 4.79 Å². The fourth-order valence-corrected chi connectivity index (χ4v) is 2.34. The zero-order valence-corrected chi connectivity index (χ0v) is 12.5. The van der Waals surface area contributed by atoms with E-state index in [2.05, 4.69) is 0 Å². The summed E-state index contributed by atoms with van der Waals surface area (Å²) in [6.45, 7) is 2.96. The summed E-state index contributed by atoms with van der Waals surface area (Å²) in [7, 11) is 0. The zero-order valence-electron chi connectivity index (χ0n) is 11.7. The summed E-state index contributed by atoms with van der Waals surface area (Å²) in [5, 5.41) is 0. The molecule has 2 rings (SSSR count). The van der Waals surface area contributed by atoms with Crippen molar-refractivity contribution in [1.82, 2.24) is 4.90 Å². The third kappa shape index (κ3) is 5.02. The topological polar surface area (TPSA) is 55.6 Å². The quantitative estimate of drug-likeness (QED) is 0.818. The lowest BCUT2D eigenvalue weighted by Gasteiger charge is -2.16. The molecule has 0 aromatic heterocycles. The molecule has 1 aliphatic heterocycles. The molecule has 0 aliphatic carbocycles. The Hall–Kier alpha value is -1.26. The number of benzene rings is 1. The van der Waals surface area contributed by atoms with Crippen molar-refractivity contribution in [2.24, 2.45) is 11.7 Å². The van der Waals surface area contributed by atoms with E-state index in [0.717, 1.165) is 31.7 Å². The molecule has 1 heterocycles. The van der Waals surface area contributed by atoms with E-state index in [0.29, 0.717) is 25.5 Å². The van der Waals surface area contributed by atoms with E-state index in [-0.39, 0.29) is 18.3 Å². The number of hydrogen-bond donors (Lipinski definition) is 1. The van der Waals surface area contributed by atoms with Gasteiger partial charge in [0.25, 0.3) is 0 Å².